The predicted octanol–water partition coefficient (Wildman–Crippen LogP) is 2.85. The lowest BCUT2D eigenvalue weighted by Crippen LogP contribution is -2.20. The first-order valence-corrected chi connectivity index (χ1v) is 7.63. The highest BCUT2D eigenvalue weighted by molar-refractivity contribution is 8.00. The molecule has 1 aromatic rings. The van der Waals surface area contributed by atoms with Gasteiger partial charge in [0.05, 0.1) is 19.1 Å². The molecule has 1 aliphatic rings. The fourth-order valence-electron chi connectivity index (χ4n) is 2.28. The molecule has 0 spiro atoms. The SMILES string of the molecule is COC(=O)C(CSC1CCOC1C)c1ccccc1. The maximum atomic E-state index is 11.9. The zero-order chi connectivity index (χ0) is 13.7. The van der Waals surface area contributed by atoms with E-state index in [9.17, 15) is 4.79 Å². The van der Waals surface area contributed by atoms with Gasteiger partial charge in [0, 0.05) is 17.6 Å². The lowest BCUT2D eigenvalue weighted by molar-refractivity contribution is -0.141. The smallest absolute Gasteiger partial charge is 0.313 e. The zero-order valence-corrected chi connectivity index (χ0v) is 12.2. The zero-order valence-electron chi connectivity index (χ0n) is 11.4. The number of methoxy groups -OCH3 is 1. The summed E-state index contributed by atoms with van der Waals surface area (Å²) < 4.78 is 10.5. The second-order valence-corrected chi connectivity index (χ2v) is 5.99. The Balaban J connectivity index is 2.00. The van der Waals surface area contributed by atoms with E-state index in [0.717, 1.165) is 24.3 Å². The summed E-state index contributed by atoms with van der Waals surface area (Å²) in [6.07, 6.45) is 1.34. The summed E-state index contributed by atoms with van der Waals surface area (Å²) in [4.78, 5) is 11.9. The molecule has 0 amide bonds. The van der Waals surface area contributed by atoms with Crippen LogP contribution in [0.5, 0.6) is 0 Å². The Morgan fingerprint density at radius 3 is 2.79 bits per heavy atom. The van der Waals surface area contributed by atoms with Gasteiger partial charge in [-0.3, -0.25) is 4.79 Å². The molecule has 1 fully saturated rings. The summed E-state index contributed by atoms with van der Waals surface area (Å²) in [5.41, 5.74) is 1.02. The normalized spacial score (nSPS) is 24.1. The van der Waals surface area contributed by atoms with Crippen LogP contribution in [0.3, 0.4) is 0 Å². The van der Waals surface area contributed by atoms with Gasteiger partial charge in [0.2, 0.25) is 0 Å². The fraction of sp³-hybridized carbons (Fsp3) is 0.533. The van der Waals surface area contributed by atoms with Crippen molar-refractivity contribution < 1.29 is 14.3 Å². The minimum absolute atomic E-state index is 0.162. The van der Waals surface area contributed by atoms with E-state index in [-0.39, 0.29) is 18.0 Å². The molecule has 1 aliphatic heterocycles. The molecule has 0 radical (unpaired) electrons. The average Bonchev–Trinajstić information content (AvgIpc) is 2.85. The van der Waals surface area contributed by atoms with Crippen molar-refractivity contribution in [3.8, 4) is 0 Å². The topological polar surface area (TPSA) is 35.5 Å². The van der Waals surface area contributed by atoms with Crippen molar-refractivity contribution in [1.29, 1.82) is 0 Å². The first kappa shape index (κ1) is 14.4. The molecule has 1 aromatic carbocycles. The summed E-state index contributed by atoms with van der Waals surface area (Å²) in [6.45, 7) is 2.92. The number of benzene rings is 1. The predicted molar refractivity (Wildman–Crippen MR) is 77.5 cm³/mol. The molecule has 3 nitrogen and oxygen atoms in total. The molecular weight excluding hydrogens is 260 g/mol. The molecule has 0 aliphatic carbocycles. The van der Waals surface area contributed by atoms with Crippen molar-refractivity contribution in [1.82, 2.24) is 0 Å². The number of rotatable bonds is 5. The third-order valence-electron chi connectivity index (χ3n) is 3.47. The molecule has 3 atom stereocenters. The van der Waals surface area contributed by atoms with Crippen molar-refractivity contribution in [3.05, 3.63) is 35.9 Å². The molecular formula is C15H20O3S. The van der Waals surface area contributed by atoms with Crippen LogP contribution in [0.2, 0.25) is 0 Å². The van der Waals surface area contributed by atoms with Crippen LogP contribution in [0, 0.1) is 0 Å². The molecule has 104 valence electrons. The second kappa shape index (κ2) is 6.96. The van der Waals surface area contributed by atoms with Crippen LogP contribution in [0.1, 0.15) is 24.8 Å². The molecule has 1 heterocycles. The minimum Gasteiger partial charge on any atom is -0.469 e. The largest absolute Gasteiger partial charge is 0.469 e. The Kier molecular flexibility index (Phi) is 5.28. The first-order chi connectivity index (χ1) is 9.22. The highest BCUT2D eigenvalue weighted by Crippen LogP contribution is 2.31. The monoisotopic (exact) mass is 280 g/mol. The van der Waals surface area contributed by atoms with Crippen LogP contribution in [0.15, 0.2) is 30.3 Å². The lowest BCUT2D eigenvalue weighted by Gasteiger charge is -2.18. The molecule has 4 heteroatoms. The highest BCUT2D eigenvalue weighted by atomic mass is 32.2. The Morgan fingerprint density at radius 2 is 2.21 bits per heavy atom. The van der Waals surface area contributed by atoms with Gasteiger partial charge in [0.15, 0.2) is 0 Å². The Bertz CT molecular complexity index is 407. The minimum atomic E-state index is -0.191. The van der Waals surface area contributed by atoms with E-state index in [4.69, 9.17) is 9.47 Å². The molecule has 0 N–H and O–H groups in total. The maximum absolute atomic E-state index is 11.9. The molecule has 0 aromatic heterocycles. The van der Waals surface area contributed by atoms with Gasteiger partial charge in [0.25, 0.3) is 0 Å². The van der Waals surface area contributed by atoms with E-state index in [0.29, 0.717) is 5.25 Å². The summed E-state index contributed by atoms with van der Waals surface area (Å²) in [6, 6.07) is 9.83. The van der Waals surface area contributed by atoms with Crippen LogP contribution in [-0.2, 0) is 14.3 Å². The number of ether oxygens (including phenoxy) is 2. The van der Waals surface area contributed by atoms with Crippen LogP contribution in [0.25, 0.3) is 0 Å². The molecule has 19 heavy (non-hydrogen) atoms. The van der Waals surface area contributed by atoms with Crippen LogP contribution >= 0.6 is 11.8 Å². The number of carbonyl (C=O) groups excluding carboxylic acids is 1. The van der Waals surface area contributed by atoms with E-state index in [1.165, 1.54) is 7.11 Å². The fourth-order valence-corrected chi connectivity index (χ4v) is 3.66. The van der Waals surface area contributed by atoms with Gasteiger partial charge in [-0.1, -0.05) is 30.3 Å². The van der Waals surface area contributed by atoms with E-state index < -0.39 is 0 Å². The molecule has 1 saturated heterocycles. The third-order valence-corrected chi connectivity index (χ3v) is 5.04. The Labute approximate surface area is 118 Å². The highest BCUT2D eigenvalue weighted by Gasteiger charge is 2.28. The van der Waals surface area contributed by atoms with E-state index in [1.807, 2.05) is 42.1 Å². The van der Waals surface area contributed by atoms with E-state index in [2.05, 4.69) is 6.92 Å². The second-order valence-electron chi connectivity index (χ2n) is 4.72. The molecule has 3 unspecified atom stereocenters. The Morgan fingerprint density at radius 1 is 1.47 bits per heavy atom. The number of esters is 1. The van der Waals surface area contributed by atoms with Crippen LogP contribution in [-0.4, -0.2) is 36.8 Å². The Hall–Kier alpha value is -1.00. The van der Waals surface area contributed by atoms with Crippen molar-refractivity contribution >= 4 is 17.7 Å². The lowest BCUT2D eigenvalue weighted by atomic mass is 10.0. The van der Waals surface area contributed by atoms with Gasteiger partial charge in [-0.15, -0.1) is 0 Å². The maximum Gasteiger partial charge on any atom is 0.313 e. The number of hydrogen-bond donors (Lipinski definition) is 0. The molecule has 2 rings (SSSR count). The summed E-state index contributed by atoms with van der Waals surface area (Å²) in [5.74, 6) is 0.393. The molecule has 0 bridgehead atoms. The quantitative estimate of drug-likeness (QED) is 0.777. The van der Waals surface area contributed by atoms with Gasteiger partial charge in [-0.25, -0.2) is 0 Å². The van der Waals surface area contributed by atoms with E-state index in [1.54, 1.807) is 0 Å². The van der Waals surface area contributed by atoms with Crippen LogP contribution in [0.4, 0.5) is 0 Å². The first-order valence-electron chi connectivity index (χ1n) is 6.58. The molecule has 0 saturated carbocycles. The van der Waals surface area contributed by atoms with Crippen molar-refractivity contribution in [2.24, 2.45) is 0 Å². The van der Waals surface area contributed by atoms with Gasteiger partial charge >= 0.3 is 5.97 Å². The van der Waals surface area contributed by atoms with Crippen LogP contribution < -0.4 is 0 Å². The van der Waals surface area contributed by atoms with Crippen molar-refractivity contribution in [3.63, 3.8) is 0 Å². The summed E-state index contributed by atoms with van der Waals surface area (Å²) >= 11 is 1.81. The average molecular weight is 280 g/mol. The van der Waals surface area contributed by atoms with Gasteiger partial charge in [-0.2, -0.15) is 11.8 Å². The standard InChI is InChI=1S/C15H20O3S/c1-11-14(8-9-18-11)19-10-13(15(16)17-2)12-6-4-3-5-7-12/h3-7,11,13-14H,8-10H2,1-2H3. The van der Waals surface area contributed by atoms with Gasteiger partial charge < -0.3 is 9.47 Å². The number of hydrogen-bond acceptors (Lipinski definition) is 4. The van der Waals surface area contributed by atoms with Gasteiger partial charge in [-0.05, 0) is 18.9 Å². The van der Waals surface area contributed by atoms with Crippen molar-refractivity contribution in [2.45, 2.75) is 30.6 Å². The summed E-state index contributed by atoms with van der Waals surface area (Å²) in [5, 5.41) is 0.482. The van der Waals surface area contributed by atoms with Crippen molar-refractivity contribution in [2.75, 3.05) is 19.5 Å². The number of carbonyl (C=O) groups is 1. The van der Waals surface area contributed by atoms with Gasteiger partial charge in [0.1, 0.15) is 0 Å². The third kappa shape index (κ3) is 3.74. The summed E-state index contributed by atoms with van der Waals surface area (Å²) in [7, 11) is 1.45. The van der Waals surface area contributed by atoms with E-state index >= 15 is 0 Å². The number of thioether (sulfide) groups is 1.